The third-order valence-corrected chi connectivity index (χ3v) is 3.14. The van der Waals surface area contributed by atoms with Crippen LogP contribution in [0.15, 0.2) is 24.3 Å². The minimum Gasteiger partial charge on any atom is -0.382 e. The molecule has 1 heterocycles. The van der Waals surface area contributed by atoms with Crippen molar-refractivity contribution in [1.82, 2.24) is 0 Å². The maximum absolute atomic E-state index is 5.78. The highest BCUT2D eigenvalue weighted by molar-refractivity contribution is 5.53. The third-order valence-electron chi connectivity index (χ3n) is 3.14. The van der Waals surface area contributed by atoms with Crippen LogP contribution < -0.4 is 5.32 Å². The molecule has 0 bridgehead atoms. The average molecular weight is 233 g/mol. The van der Waals surface area contributed by atoms with Gasteiger partial charge in [-0.25, -0.2) is 0 Å². The second-order valence-electron chi connectivity index (χ2n) is 5.79. The van der Waals surface area contributed by atoms with E-state index >= 15 is 0 Å². The lowest BCUT2D eigenvalue weighted by atomic mass is 9.96. The Hall–Kier alpha value is -1.02. The van der Waals surface area contributed by atoms with Crippen LogP contribution in [0.4, 0.5) is 5.69 Å². The van der Waals surface area contributed by atoms with Gasteiger partial charge in [0.1, 0.15) is 0 Å². The van der Waals surface area contributed by atoms with E-state index in [1.165, 1.54) is 24.1 Å². The van der Waals surface area contributed by atoms with Gasteiger partial charge in [-0.05, 0) is 51.7 Å². The first-order valence-corrected chi connectivity index (χ1v) is 6.53. The lowest BCUT2D eigenvalue weighted by molar-refractivity contribution is -0.00569. The molecular formula is C15H23NO. The van der Waals surface area contributed by atoms with Crippen molar-refractivity contribution in [2.45, 2.75) is 51.7 Å². The Labute approximate surface area is 104 Å². The van der Waals surface area contributed by atoms with Crippen LogP contribution in [0.25, 0.3) is 0 Å². The van der Waals surface area contributed by atoms with Gasteiger partial charge < -0.3 is 10.1 Å². The van der Waals surface area contributed by atoms with Gasteiger partial charge in [-0.15, -0.1) is 0 Å². The molecule has 0 aliphatic carbocycles. The first-order chi connectivity index (χ1) is 8.04. The second kappa shape index (κ2) is 5.09. The smallest absolute Gasteiger partial charge is 0.0598 e. The number of rotatable bonds is 3. The molecule has 1 unspecified atom stereocenters. The van der Waals surface area contributed by atoms with Gasteiger partial charge >= 0.3 is 0 Å². The normalized spacial score (nSPS) is 19.6. The zero-order valence-corrected chi connectivity index (χ0v) is 11.1. The standard InChI is InChI=1S/C15H23NO/c1-15(2,3)17-11-10-13-9-8-12-6-4-5-7-14(12)16-13/h4-7,13,16H,8-11H2,1-3H3. The highest BCUT2D eigenvalue weighted by Gasteiger charge is 2.18. The highest BCUT2D eigenvalue weighted by atomic mass is 16.5. The molecule has 1 N–H and O–H groups in total. The number of benzene rings is 1. The number of fused-ring (bicyclic) bond motifs is 1. The molecule has 1 aliphatic rings. The van der Waals surface area contributed by atoms with Crippen molar-refractivity contribution in [1.29, 1.82) is 0 Å². The number of hydrogen-bond acceptors (Lipinski definition) is 2. The van der Waals surface area contributed by atoms with E-state index in [1.807, 2.05) is 0 Å². The van der Waals surface area contributed by atoms with Crippen molar-refractivity contribution in [3.05, 3.63) is 29.8 Å². The highest BCUT2D eigenvalue weighted by Crippen LogP contribution is 2.25. The van der Waals surface area contributed by atoms with Crippen LogP contribution in [0.5, 0.6) is 0 Å². The molecule has 2 heteroatoms. The molecule has 1 aliphatic heterocycles. The van der Waals surface area contributed by atoms with Crippen molar-refractivity contribution in [2.75, 3.05) is 11.9 Å². The Morgan fingerprint density at radius 3 is 2.82 bits per heavy atom. The third kappa shape index (κ3) is 3.74. The zero-order valence-electron chi connectivity index (χ0n) is 11.1. The number of hydrogen-bond donors (Lipinski definition) is 1. The predicted molar refractivity (Wildman–Crippen MR) is 72.5 cm³/mol. The maximum Gasteiger partial charge on any atom is 0.0598 e. The van der Waals surface area contributed by atoms with E-state index < -0.39 is 0 Å². The SMILES string of the molecule is CC(C)(C)OCCC1CCc2ccccc2N1. The molecule has 1 atom stereocenters. The van der Waals surface area contributed by atoms with Crippen LogP contribution in [-0.4, -0.2) is 18.2 Å². The van der Waals surface area contributed by atoms with Crippen molar-refractivity contribution in [2.24, 2.45) is 0 Å². The zero-order chi connectivity index (χ0) is 12.3. The first kappa shape index (κ1) is 12.4. The summed E-state index contributed by atoms with van der Waals surface area (Å²) in [4.78, 5) is 0. The van der Waals surface area contributed by atoms with Gasteiger partial charge in [0.2, 0.25) is 0 Å². The molecule has 1 aromatic carbocycles. The summed E-state index contributed by atoms with van der Waals surface area (Å²) in [6.45, 7) is 7.16. The fraction of sp³-hybridized carbons (Fsp3) is 0.600. The van der Waals surface area contributed by atoms with Crippen LogP contribution in [-0.2, 0) is 11.2 Å². The van der Waals surface area contributed by atoms with Crippen LogP contribution in [0.2, 0.25) is 0 Å². The minimum absolute atomic E-state index is 0.0213. The van der Waals surface area contributed by atoms with Gasteiger partial charge in [0.05, 0.1) is 5.60 Å². The van der Waals surface area contributed by atoms with Crippen molar-refractivity contribution < 1.29 is 4.74 Å². The molecule has 0 radical (unpaired) electrons. The molecule has 0 fully saturated rings. The fourth-order valence-corrected chi connectivity index (χ4v) is 2.22. The molecule has 0 amide bonds. The summed E-state index contributed by atoms with van der Waals surface area (Å²) >= 11 is 0. The molecular weight excluding hydrogens is 210 g/mol. The number of aryl methyl sites for hydroxylation is 1. The first-order valence-electron chi connectivity index (χ1n) is 6.53. The van der Waals surface area contributed by atoms with Gasteiger partial charge in [-0.1, -0.05) is 18.2 Å². The molecule has 94 valence electrons. The lowest BCUT2D eigenvalue weighted by Gasteiger charge is -2.28. The predicted octanol–water partition coefficient (Wildman–Crippen LogP) is 3.62. The van der Waals surface area contributed by atoms with Crippen LogP contribution in [0.3, 0.4) is 0 Å². The molecule has 0 saturated heterocycles. The molecule has 2 nitrogen and oxygen atoms in total. The topological polar surface area (TPSA) is 21.3 Å². The Kier molecular flexibility index (Phi) is 3.72. The second-order valence-corrected chi connectivity index (χ2v) is 5.79. The summed E-state index contributed by atoms with van der Waals surface area (Å²) in [5.41, 5.74) is 2.73. The molecule has 2 rings (SSSR count). The van der Waals surface area contributed by atoms with Crippen molar-refractivity contribution >= 4 is 5.69 Å². The summed E-state index contributed by atoms with van der Waals surface area (Å²) in [5.74, 6) is 0. The van der Waals surface area contributed by atoms with Gasteiger partial charge in [0, 0.05) is 18.3 Å². The Balaban J connectivity index is 1.82. The number of nitrogens with one attached hydrogen (secondary N) is 1. The number of ether oxygens (including phenoxy) is 1. The van der Waals surface area contributed by atoms with Crippen LogP contribution >= 0.6 is 0 Å². The molecule has 17 heavy (non-hydrogen) atoms. The Morgan fingerprint density at radius 1 is 1.29 bits per heavy atom. The van der Waals surface area contributed by atoms with E-state index in [-0.39, 0.29) is 5.60 Å². The quantitative estimate of drug-likeness (QED) is 0.861. The number of anilines is 1. The monoisotopic (exact) mass is 233 g/mol. The van der Waals surface area contributed by atoms with E-state index in [0.29, 0.717) is 6.04 Å². The molecule has 0 spiro atoms. The molecule has 1 aromatic rings. The maximum atomic E-state index is 5.78. The Bertz CT molecular complexity index is 367. The van der Waals surface area contributed by atoms with E-state index in [4.69, 9.17) is 4.74 Å². The fourth-order valence-electron chi connectivity index (χ4n) is 2.22. The molecule has 0 saturated carbocycles. The van der Waals surface area contributed by atoms with Crippen molar-refractivity contribution in [3.8, 4) is 0 Å². The van der Waals surface area contributed by atoms with Gasteiger partial charge in [-0.2, -0.15) is 0 Å². The average Bonchev–Trinajstić information content (AvgIpc) is 2.27. The van der Waals surface area contributed by atoms with E-state index in [2.05, 4.69) is 50.4 Å². The lowest BCUT2D eigenvalue weighted by Crippen LogP contribution is -2.29. The summed E-state index contributed by atoms with van der Waals surface area (Å²) in [7, 11) is 0. The summed E-state index contributed by atoms with van der Waals surface area (Å²) in [6, 6.07) is 9.16. The summed E-state index contributed by atoms with van der Waals surface area (Å²) in [6.07, 6.45) is 3.49. The van der Waals surface area contributed by atoms with E-state index in [0.717, 1.165) is 13.0 Å². The largest absolute Gasteiger partial charge is 0.382 e. The van der Waals surface area contributed by atoms with Crippen LogP contribution in [0, 0.1) is 0 Å². The van der Waals surface area contributed by atoms with Gasteiger partial charge in [-0.3, -0.25) is 0 Å². The Morgan fingerprint density at radius 2 is 2.06 bits per heavy atom. The van der Waals surface area contributed by atoms with Gasteiger partial charge in [0.25, 0.3) is 0 Å². The van der Waals surface area contributed by atoms with Gasteiger partial charge in [0.15, 0.2) is 0 Å². The van der Waals surface area contributed by atoms with Crippen LogP contribution in [0.1, 0.15) is 39.2 Å². The van der Waals surface area contributed by atoms with E-state index in [1.54, 1.807) is 0 Å². The van der Waals surface area contributed by atoms with Crippen molar-refractivity contribution in [3.63, 3.8) is 0 Å². The summed E-state index contributed by atoms with van der Waals surface area (Å²) in [5, 5.41) is 3.60. The summed E-state index contributed by atoms with van der Waals surface area (Å²) < 4.78 is 5.78. The minimum atomic E-state index is -0.0213. The van der Waals surface area contributed by atoms with E-state index in [9.17, 15) is 0 Å². The number of para-hydroxylation sites is 1. The molecule has 0 aromatic heterocycles.